The number of nitrogens with one attached hydrogen (secondary N) is 1. The number of rotatable bonds is 5. The summed E-state index contributed by atoms with van der Waals surface area (Å²) in [6.07, 6.45) is -0.273. The van der Waals surface area contributed by atoms with Gasteiger partial charge in [0.1, 0.15) is 34.3 Å². The Morgan fingerprint density at radius 1 is 0.456 bits per heavy atom. The van der Waals surface area contributed by atoms with Gasteiger partial charge in [-0.25, -0.2) is 9.98 Å². The van der Waals surface area contributed by atoms with Crippen LogP contribution >= 0.6 is 0 Å². The number of amidine groups is 2. The molecule has 0 spiro atoms. The highest BCUT2D eigenvalue weighted by molar-refractivity contribution is 6.17. The van der Waals surface area contributed by atoms with E-state index < -0.39 is 0 Å². The molecule has 0 fully saturated rings. The lowest BCUT2D eigenvalue weighted by Gasteiger charge is -2.23. The Hall–Kier alpha value is -7.70. The van der Waals surface area contributed by atoms with Crippen LogP contribution in [0.4, 0.5) is 0 Å². The lowest BCUT2D eigenvalue weighted by Crippen LogP contribution is -2.33. The standard InChI is InChI=1S/C51H32N4O2/c1-3-12-31(13-4-1)49-52-50(32-14-5-2-6-15-32)54-51(53-49)34-22-25-39-41-28-33(23-27-44(41)56-46(39)29-34)36-18-11-21-45-48(36)40-26-24-35(30-47(40)57-45)55-42-19-9-7-16-37(42)38-17-8-10-20-43(38)55/h1-30,49H,(H,52,53,54). The summed E-state index contributed by atoms with van der Waals surface area (Å²) in [6, 6.07) is 63.3. The molecule has 0 bridgehead atoms. The van der Waals surface area contributed by atoms with Crippen LogP contribution in [0.15, 0.2) is 201 Å². The van der Waals surface area contributed by atoms with Crippen LogP contribution in [0.1, 0.15) is 22.9 Å². The molecule has 0 amide bonds. The van der Waals surface area contributed by atoms with Crippen LogP contribution in [0.25, 0.3) is 82.5 Å². The van der Waals surface area contributed by atoms with Crippen LogP contribution in [0.3, 0.4) is 0 Å². The molecule has 8 aromatic carbocycles. The van der Waals surface area contributed by atoms with Crippen molar-refractivity contribution < 1.29 is 8.83 Å². The van der Waals surface area contributed by atoms with Gasteiger partial charge in [0.25, 0.3) is 0 Å². The van der Waals surface area contributed by atoms with E-state index in [1.54, 1.807) is 0 Å². The van der Waals surface area contributed by atoms with E-state index in [0.717, 1.165) is 83.2 Å². The zero-order chi connectivity index (χ0) is 37.5. The number of aromatic nitrogens is 1. The van der Waals surface area contributed by atoms with Crippen LogP contribution < -0.4 is 5.32 Å². The van der Waals surface area contributed by atoms with Crippen molar-refractivity contribution in [3.05, 3.63) is 199 Å². The first kappa shape index (κ1) is 31.6. The highest BCUT2D eigenvalue weighted by Crippen LogP contribution is 2.41. The summed E-state index contributed by atoms with van der Waals surface area (Å²) in [5.74, 6) is 1.44. The van der Waals surface area contributed by atoms with Crippen molar-refractivity contribution in [1.29, 1.82) is 0 Å². The number of hydrogen-bond acceptors (Lipinski definition) is 5. The minimum absolute atomic E-state index is 0.273. The van der Waals surface area contributed by atoms with Gasteiger partial charge in [0, 0.05) is 55.2 Å². The molecule has 0 aliphatic carbocycles. The number of para-hydroxylation sites is 2. The first-order valence-corrected chi connectivity index (χ1v) is 19.2. The fourth-order valence-corrected chi connectivity index (χ4v) is 8.61. The summed E-state index contributed by atoms with van der Waals surface area (Å²) in [6.45, 7) is 0. The second kappa shape index (κ2) is 12.4. The number of aliphatic imine (C=N–C) groups is 2. The first-order chi connectivity index (χ1) is 28.2. The van der Waals surface area contributed by atoms with E-state index in [0.29, 0.717) is 5.84 Å². The Labute approximate surface area is 326 Å². The smallest absolute Gasteiger partial charge is 0.159 e. The summed E-state index contributed by atoms with van der Waals surface area (Å²) in [5, 5.41) is 10.3. The third-order valence-electron chi connectivity index (χ3n) is 11.3. The van der Waals surface area contributed by atoms with Crippen molar-refractivity contribution in [2.75, 3.05) is 0 Å². The largest absolute Gasteiger partial charge is 0.456 e. The molecule has 1 atom stereocenters. The van der Waals surface area contributed by atoms with Crippen LogP contribution in [-0.4, -0.2) is 16.2 Å². The summed E-state index contributed by atoms with van der Waals surface area (Å²) in [4.78, 5) is 10.0. The lowest BCUT2D eigenvalue weighted by molar-refractivity contribution is 0.666. The average molecular weight is 733 g/mol. The molecule has 268 valence electrons. The molecular weight excluding hydrogens is 701 g/mol. The Bertz CT molecular complexity index is 3390. The Balaban J connectivity index is 0.941. The van der Waals surface area contributed by atoms with Crippen molar-refractivity contribution in [1.82, 2.24) is 9.88 Å². The van der Waals surface area contributed by atoms with Gasteiger partial charge in [-0.2, -0.15) is 0 Å². The monoisotopic (exact) mass is 732 g/mol. The quantitative estimate of drug-likeness (QED) is 0.192. The molecule has 11 aromatic rings. The van der Waals surface area contributed by atoms with Gasteiger partial charge in [-0.05, 0) is 71.3 Å². The van der Waals surface area contributed by atoms with Crippen LogP contribution in [0.2, 0.25) is 0 Å². The first-order valence-electron chi connectivity index (χ1n) is 19.2. The minimum Gasteiger partial charge on any atom is -0.456 e. The lowest BCUT2D eigenvalue weighted by atomic mass is 9.97. The average Bonchev–Trinajstić information content (AvgIpc) is 3.95. The van der Waals surface area contributed by atoms with E-state index >= 15 is 0 Å². The number of benzene rings is 8. The van der Waals surface area contributed by atoms with E-state index in [2.05, 4.69) is 143 Å². The molecule has 6 nitrogen and oxygen atoms in total. The van der Waals surface area contributed by atoms with Gasteiger partial charge in [-0.15, -0.1) is 0 Å². The van der Waals surface area contributed by atoms with Gasteiger partial charge in [-0.1, -0.05) is 121 Å². The van der Waals surface area contributed by atoms with Crippen molar-refractivity contribution in [3.8, 4) is 16.8 Å². The number of hydrogen-bond donors (Lipinski definition) is 1. The maximum Gasteiger partial charge on any atom is 0.159 e. The summed E-state index contributed by atoms with van der Waals surface area (Å²) in [5.41, 5.74) is 11.9. The van der Waals surface area contributed by atoms with Crippen molar-refractivity contribution in [3.63, 3.8) is 0 Å². The van der Waals surface area contributed by atoms with Crippen LogP contribution in [-0.2, 0) is 0 Å². The topological polar surface area (TPSA) is 68.0 Å². The van der Waals surface area contributed by atoms with Crippen molar-refractivity contribution in [2.45, 2.75) is 6.17 Å². The van der Waals surface area contributed by atoms with Crippen LogP contribution in [0.5, 0.6) is 0 Å². The molecule has 4 heterocycles. The van der Waals surface area contributed by atoms with E-state index in [1.807, 2.05) is 48.5 Å². The van der Waals surface area contributed by atoms with Crippen LogP contribution in [0, 0.1) is 0 Å². The van der Waals surface area contributed by atoms with Gasteiger partial charge in [0.2, 0.25) is 0 Å². The Kier molecular flexibility index (Phi) is 6.89. The molecule has 12 rings (SSSR count). The summed E-state index contributed by atoms with van der Waals surface area (Å²) < 4.78 is 15.5. The van der Waals surface area contributed by atoms with E-state index in [-0.39, 0.29) is 6.17 Å². The molecule has 57 heavy (non-hydrogen) atoms. The molecule has 0 saturated carbocycles. The molecular formula is C51H32N4O2. The maximum absolute atomic E-state index is 6.61. The van der Waals surface area contributed by atoms with Gasteiger partial charge >= 0.3 is 0 Å². The fraction of sp³-hybridized carbons (Fsp3) is 0.0196. The fourth-order valence-electron chi connectivity index (χ4n) is 8.61. The highest BCUT2D eigenvalue weighted by Gasteiger charge is 2.22. The van der Waals surface area contributed by atoms with E-state index in [9.17, 15) is 0 Å². The zero-order valence-corrected chi connectivity index (χ0v) is 30.6. The number of furan rings is 2. The maximum atomic E-state index is 6.61. The number of fused-ring (bicyclic) bond motifs is 9. The molecule has 1 unspecified atom stereocenters. The minimum atomic E-state index is -0.273. The molecule has 0 radical (unpaired) electrons. The molecule has 1 aliphatic rings. The molecule has 6 heteroatoms. The van der Waals surface area contributed by atoms with Gasteiger partial charge in [0.15, 0.2) is 5.84 Å². The molecule has 3 aromatic heterocycles. The normalized spacial score (nSPS) is 14.5. The Morgan fingerprint density at radius 3 is 1.95 bits per heavy atom. The summed E-state index contributed by atoms with van der Waals surface area (Å²) >= 11 is 0. The zero-order valence-electron chi connectivity index (χ0n) is 30.6. The third-order valence-corrected chi connectivity index (χ3v) is 11.3. The van der Waals surface area contributed by atoms with Gasteiger partial charge in [-0.3, -0.25) is 0 Å². The molecule has 1 aliphatic heterocycles. The second-order valence-electron chi connectivity index (χ2n) is 14.6. The van der Waals surface area contributed by atoms with Crippen molar-refractivity contribution >= 4 is 77.4 Å². The SMILES string of the molecule is c1ccc(C2=NC(c3ccccc3)NC(c3ccc4c(c3)oc3ccc(-c5cccc6oc7cc(-n8c9ccccc9c9ccccc98)ccc7c56)cc34)=N2)cc1. The summed E-state index contributed by atoms with van der Waals surface area (Å²) in [7, 11) is 0. The van der Waals surface area contributed by atoms with E-state index in [4.69, 9.17) is 18.8 Å². The van der Waals surface area contributed by atoms with Gasteiger partial charge in [0.05, 0.1) is 11.0 Å². The highest BCUT2D eigenvalue weighted by atomic mass is 16.3. The molecule has 0 saturated heterocycles. The number of nitrogens with zero attached hydrogens (tertiary/aromatic N) is 3. The Morgan fingerprint density at radius 2 is 1.14 bits per heavy atom. The predicted octanol–water partition coefficient (Wildman–Crippen LogP) is 12.7. The molecule has 1 N–H and O–H groups in total. The van der Waals surface area contributed by atoms with Gasteiger partial charge < -0.3 is 18.7 Å². The predicted molar refractivity (Wildman–Crippen MR) is 233 cm³/mol. The van der Waals surface area contributed by atoms with E-state index in [1.165, 1.54) is 21.8 Å². The van der Waals surface area contributed by atoms with Crippen molar-refractivity contribution in [2.24, 2.45) is 9.98 Å². The third kappa shape index (κ3) is 5.04. The second-order valence-corrected chi connectivity index (χ2v) is 14.6.